The molecule has 0 radical (unpaired) electrons. The molecule has 17 rings (SSSR count). The van der Waals surface area contributed by atoms with E-state index in [9.17, 15) is 0 Å². The summed E-state index contributed by atoms with van der Waals surface area (Å²) in [6, 6.07) is 128. The van der Waals surface area contributed by atoms with Crippen LogP contribution in [-0.4, -0.2) is 9.13 Å². The normalized spacial score (nSPS) is 11.6. The van der Waals surface area contributed by atoms with Gasteiger partial charge in [-0.15, -0.1) is 0 Å². The van der Waals surface area contributed by atoms with Gasteiger partial charge in [-0.3, -0.25) is 0 Å². The molecule has 15 aromatic carbocycles. The third kappa shape index (κ3) is 9.25. The monoisotopic (exact) mass is 1150 g/mol. The smallest absolute Gasteiger partial charge is 0.0541 e. The lowest BCUT2D eigenvalue weighted by molar-refractivity contribution is 1.18. The van der Waals surface area contributed by atoms with E-state index in [0.717, 1.165) is 50.9 Å². The fourth-order valence-corrected chi connectivity index (χ4v) is 13.7. The molecule has 0 spiro atoms. The number of rotatable bonds is 12. The molecular weight excluding hydrogens is 1090 g/mol. The first kappa shape index (κ1) is 52.4. The summed E-state index contributed by atoms with van der Waals surface area (Å²) in [4.78, 5) is 4.68. The second-order valence-electron chi connectivity index (χ2n) is 23.3. The lowest BCUT2D eigenvalue weighted by Gasteiger charge is -2.26. The van der Waals surface area contributed by atoms with Crippen LogP contribution in [0, 0.1) is 0 Å². The number of para-hydroxylation sites is 6. The lowest BCUT2D eigenvalue weighted by Crippen LogP contribution is -2.09. The average Bonchev–Trinajstić information content (AvgIpc) is 1.64. The van der Waals surface area contributed by atoms with E-state index in [0.29, 0.717) is 0 Å². The molecule has 17 aromatic rings. The molecule has 0 fully saturated rings. The Labute approximate surface area is 522 Å². The zero-order valence-corrected chi connectivity index (χ0v) is 49.3. The number of aromatic nitrogens is 2. The van der Waals surface area contributed by atoms with Gasteiger partial charge in [-0.2, -0.15) is 0 Å². The Bertz CT molecular complexity index is 5460. The Morgan fingerprint density at radius 1 is 0.167 bits per heavy atom. The summed E-state index contributed by atoms with van der Waals surface area (Å²) in [5.41, 5.74) is 23.2. The minimum atomic E-state index is 1.09. The molecule has 2 heterocycles. The van der Waals surface area contributed by atoms with Gasteiger partial charge < -0.3 is 18.9 Å². The van der Waals surface area contributed by atoms with Gasteiger partial charge in [-0.05, 0) is 206 Å². The largest absolute Gasteiger partial charge is 0.310 e. The van der Waals surface area contributed by atoms with E-state index in [2.05, 4.69) is 371 Å². The van der Waals surface area contributed by atoms with Gasteiger partial charge in [-0.1, -0.05) is 212 Å². The van der Waals surface area contributed by atoms with Crippen LogP contribution in [0.4, 0.5) is 34.1 Å². The molecule has 4 nitrogen and oxygen atoms in total. The fraction of sp³-hybridized carbons (Fsp3) is 0. The van der Waals surface area contributed by atoms with Crippen molar-refractivity contribution in [2.45, 2.75) is 0 Å². The van der Waals surface area contributed by atoms with Crippen molar-refractivity contribution < 1.29 is 0 Å². The van der Waals surface area contributed by atoms with Gasteiger partial charge in [0.05, 0.1) is 22.1 Å². The van der Waals surface area contributed by atoms with E-state index in [1.165, 1.54) is 104 Å². The Kier molecular flexibility index (Phi) is 12.8. The standard InChI is InChI=1S/C86H58N4/c1-5-19-69(20-6-1)87(70-21-7-2-8-22-70)76-49-51-78-68(56-76)37-36-67-54-64(42-50-77(67)78)66-44-53-86-82(58-66)80-29-14-16-31-84(80)90(86)74-47-40-62(41-48-74)63-18-17-27-75(55-63)88(71-23-9-3-10-24-71)73-45-38-60(39-46-73)59-32-34-61(35-33-59)65-43-52-85-81(57-65)79-28-13-15-30-83(79)89(85)72-25-11-4-12-26-72/h1-58H. The molecule has 422 valence electrons. The predicted octanol–water partition coefficient (Wildman–Crippen LogP) is 23.8. The molecule has 0 aliphatic rings. The van der Waals surface area contributed by atoms with Crippen molar-refractivity contribution in [1.82, 2.24) is 9.13 Å². The number of nitrogens with zero attached hydrogens (tertiary/aromatic N) is 4. The molecule has 4 heteroatoms. The number of hydrogen-bond donors (Lipinski definition) is 0. The van der Waals surface area contributed by atoms with E-state index in [1.807, 2.05) is 0 Å². The lowest BCUT2D eigenvalue weighted by atomic mass is 9.96. The minimum Gasteiger partial charge on any atom is -0.310 e. The molecule has 0 saturated heterocycles. The van der Waals surface area contributed by atoms with Crippen molar-refractivity contribution in [1.29, 1.82) is 0 Å². The van der Waals surface area contributed by atoms with Crippen molar-refractivity contribution >= 4 is 99.3 Å². The highest BCUT2D eigenvalue weighted by Gasteiger charge is 2.19. The molecule has 0 aliphatic carbocycles. The molecule has 0 saturated carbocycles. The van der Waals surface area contributed by atoms with E-state index in [1.54, 1.807) is 0 Å². The zero-order chi connectivity index (χ0) is 59.5. The third-order valence-corrected chi connectivity index (χ3v) is 18.1. The van der Waals surface area contributed by atoms with Crippen molar-refractivity contribution in [3.05, 3.63) is 352 Å². The van der Waals surface area contributed by atoms with Crippen molar-refractivity contribution in [2.24, 2.45) is 0 Å². The van der Waals surface area contributed by atoms with Crippen LogP contribution in [0.5, 0.6) is 0 Å². The van der Waals surface area contributed by atoms with Crippen molar-refractivity contribution in [3.63, 3.8) is 0 Å². The van der Waals surface area contributed by atoms with Gasteiger partial charge in [0.1, 0.15) is 0 Å². The summed E-state index contributed by atoms with van der Waals surface area (Å²) < 4.78 is 4.78. The summed E-state index contributed by atoms with van der Waals surface area (Å²) in [7, 11) is 0. The molecule has 0 aliphatic heterocycles. The first-order valence-corrected chi connectivity index (χ1v) is 30.9. The van der Waals surface area contributed by atoms with E-state index in [-0.39, 0.29) is 0 Å². The van der Waals surface area contributed by atoms with Gasteiger partial charge >= 0.3 is 0 Å². The van der Waals surface area contributed by atoms with Gasteiger partial charge in [0.15, 0.2) is 0 Å². The van der Waals surface area contributed by atoms with Gasteiger partial charge in [0, 0.05) is 67.0 Å². The maximum absolute atomic E-state index is 2.41. The summed E-state index contributed by atoms with van der Waals surface area (Å²) >= 11 is 0. The van der Waals surface area contributed by atoms with Crippen LogP contribution >= 0.6 is 0 Å². The summed E-state index contributed by atoms with van der Waals surface area (Å²) in [5, 5.41) is 9.89. The van der Waals surface area contributed by atoms with Crippen molar-refractivity contribution in [2.75, 3.05) is 9.80 Å². The first-order valence-electron chi connectivity index (χ1n) is 30.9. The molecular formula is C86H58N4. The fourth-order valence-electron chi connectivity index (χ4n) is 13.7. The quantitative estimate of drug-likeness (QED) is 0.113. The Morgan fingerprint density at radius 3 is 1.04 bits per heavy atom. The summed E-state index contributed by atoms with van der Waals surface area (Å²) in [5.74, 6) is 0. The Morgan fingerprint density at radius 2 is 0.500 bits per heavy atom. The van der Waals surface area contributed by atoms with Crippen LogP contribution in [0.15, 0.2) is 352 Å². The average molecular weight is 1150 g/mol. The molecule has 2 aromatic heterocycles. The van der Waals surface area contributed by atoms with Crippen LogP contribution in [0.25, 0.3) is 121 Å². The molecule has 90 heavy (non-hydrogen) atoms. The maximum Gasteiger partial charge on any atom is 0.0541 e. The zero-order valence-electron chi connectivity index (χ0n) is 49.3. The molecule has 0 N–H and O–H groups in total. The van der Waals surface area contributed by atoms with Gasteiger partial charge in [0.2, 0.25) is 0 Å². The topological polar surface area (TPSA) is 16.3 Å². The van der Waals surface area contributed by atoms with Crippen molar-refractivity contribution in [3.8, 4) is 55.9 Å². The second-order valence-corrected chi connectivity index (χ2v) is 23.3. The minimum absolute atomic E-state index is 1.09. The number of benzene rings is 15. The highest BCUT2D eigenvalue weighted by atomic mass is 15.1. The van der Waals surface area contributed by atoms with Gasteiger partial charge in [-0.25, -0.2) is 0 Å². The van der Waals surface area contributed by atoms with E-state index in [4.69, 9.17) is 0 Å². The molecule has 0 unspecified atom stereocenters. The Hall–Kier alpha value is -12.0. The van der Waals surface area contributed by atoms with Crippen LogP contribution < -0.4 is 9.80 Å². The second kappa shape index (κ2) is 22.1. The third-order valence-electron chi connectivity index (χ3n) is 18.1. The molecule has 0 bridgehead atoms. The summed E-state index contributed by atoms with van der Waals surface area (Å²) in [6.45, 7) is 0. The van der Waals surface area contributed by atoms with Gasteiger partial charge in [0.25, 0.3) is 0 Å². The number of fused-ring (bicyclic) bond motifs is 9. The van der Waals surface area contributed by atoms with Crippen LogP contribution in [0.1, 0.15) is 0 Å². The highest BCUT2D eigenvalue weighted by molar-refractivity contribution is 6.13. The first-order chi connectivity index (χ1) is 44.6. The van der Waals surface area contributed by atoms with Crippen LogP contribution in [0.3, 0.4) is 0 Å². The SMILES string of the molecule is c1ccc(N(c2ccc(-c3ccc(-c4ccc5c(c4)c4ccccc4n5-c4ccccc4)cc3)cc2)c2cccc(-c3ccc(-n4c5ccccc5c5cc(-c6ccc7c(ccc8cc(N(c9ccccc9)c9ccccc9)ccc87)c6)ccc54)cc3)c2)cc1. The Balaban J connectivity index is 0.638. The number of anilines is 6. The molecule has 0 amide bonds. The molecule has 0 atom stereocenters. The summed E-state index contributed by atoms with van der Waals surface area (Å²) in [6.07, 6.45) is 0. The van der Waals surface area contributed by atoms with Crippen LogP contribution in [-0.2, 0) is 0 Å². The number of hydrogen-bond acceptors (Lipinski definition) is 2. The maximum atomic E-state index is 2.41. The van der Waals surface area contributed by atoms with E-state index >= 15 is 0 Å². The highest BCUT2D eigenvalue weighted by Crippen LogP contribution is 2.43. The van der Waals surface area contributed by atoms with Crippen LogP contribution in [0.2, 0.25) is 0 Å². The van der Waals surface area contributed by atoms with E-state index < -0.39 is 0 Å². The predicted molar refractivity (Wildman–Crippen MR) is 381 cm³/mol.